The van der Waals surface area contributed by atoms with Gasteiger partial charge in [-0.05, 0) is 12.3 Å². The zero-order valence-electron chi connectivity index (χ0n) is 9.24. The van der Waals surface area contributed by atoms with Crippen LogP contribution < -0.4 is 0 Å². The molecule has 0 spiro atoms. The average Bonchev–Trinajstić information content (AvgIpc) is 2.21. The molecule has 0 heterocycles. The number of rotatable bonds is 6. The number of hydrogen-bond donors (Lipinski definition) is 0. The first kappa shape index (κ1) is 13.6. The van der Waals surface area contributed by atoms with E-state index in [1.54, 1.807) is 6.92 Å². The Morgan fingerprint density at radius 1 is 1.07 bits per heavy atom. The van der Waals surface area contributed by atoms with E-state index in [1.165, 1.54) is 0 Å². The average molecular weight is 216 g/mol. The summed E-state index contributed by atoms with van der Waals surface area (Å²) < 4.78 is 9.07. The highest BCUT2D eigenvalue weighted by molar-refractivity contribution is 6.60. The summed E-state index contributed by atoms with van der Waals surface area (Å²) in [5, 5.41) is 0. The predicted molar refractivity (Wildman–Crippen MR) is 52.1 cm³/mol. The van der Waals surface area contributed by atoms with Crippen molar-refractivity contribution in [3.8, 4) is 0 Å². The van der Waals surface area contributed by atoms with E-state index in [4.69, 9.17) is 0 Å². The van der Waals surface area contributed by atoms with Crippen LogP contribution in [0.2, 0.25) is 0 Å². The van der Waals surface area contributed by atoms with Crippen LogP contribution in [0.1, 0.15) is 27.2 Å². The van der Waals surface area contributed by atoms with Gasteiger partial charge in [0.05, 0.1) is 13.2 Å². The lowest BCUT2D eigenvalue weighted by molar-refractivity contribution is -0.164. The van der Waals surface area contributed by atoms with E-state index in [0.29, 0.717) is 6.42 Å². The Morgan fingerprint density at radius 3 is 2.07 bits per heavy atom. The Morgan fingerprint density at radius 2 is 1.60 bits per heavy atom. The number of esters is 2. The van der Waals surface area contributed by atoms with Gasteiger partial charge in [0.25, 0.3) is 0 Å². The molecule has 0 saturated carbocycles. The second kappa shape index (κ2) is 6.98. The molecule has 0 aromatic rings. The van der Waals surface area contributed by atoms with Gasteiger partial charge in [0.15, 0.2) is 0 Å². The van der Waals surface area contributed by atoms with E-state index in [2.05, 4.69) is 9.47 Å². The summed E-state index contributed by atoms with van der Waals surface area (Å²) in [6, 6.07) is 0. The molecular formula is C10H16O5. The van der Waals surface area contributed by atoms with Crippen LogP contribution in [0, 0.1) is 5.92 Å². The van der Waals surface area contributed by atoms with Crippen molar-refractivity contribution in [2.24, 2.45) is 5.92 Å². The monoisotopic (exact) mass is 216 g/mol. The van der Waals surface area contributed by atoms with Gasteiger partial charge in [0.2, 0.25) is 0 Å². The van der Waals surface area contributed by atoms with Gasteiger partial charge in [0, 0.05) is 0 Å². The van der Waals surface area contributed by atoms with Gasteiger partial charge in [-0.15, -0.1) is 0 Å². The van der Waals surface area contributed by atoms with Gasteiger partial charge in [-0.3, -0.25) is 4.79 Å². The lowest BCUT2D eigenvalue weighted by Gasteiger charge is -2.05. The van der Waals surface area contributed by atoms with Gasteiger partial charge < -0.3 is 9.47 Å². The lowest BCUT2D eigenvalue weighted by Crippen LogP contribution is -2.29. The van der Waals surface area contributed by atoms with Crippen molar-refractivity contribution in [3.63, 3.8) is 0 Å². The van der Waals surface area contributed by atoms with Crippen LogP contribution in [0.4, 0.5) is 0 Å². The molecule has 0 aliphatic heterocycles. The molecule has 86 valence electrons. The molecule has 0 aromatic heterocycles. The van der Waals surface area contributed by atoms with Crippen LogP contribution >= 0.6 is 0 Å². The molecule has 0 aliphatic carbocycles. The Balaban J connectivity index is 3.97. The summed E-state index contributed by atoms with van der Waals surface area (Å²) in [4.78, 5) is 32.9. The van der Waals surface area contributed by atoms with Gasteiger partial charge in [-0.2, -0.15) is 0 Å². The first-order valence-electron chi connectivity index (χ1n) is 4.87. The number of carbonyl (C=O) groups is 3. The molecular weight excluding hydrogens is 200 g/mol. The number of hydrogen-bond acceptors (Lipinski definition) is 5. The molecule has 15 heavy (non-hydrogen) atoms. The molecule has 0 saturated heterocycles. The highest BCUT2D eigenvalue weighted by atomic mass is 16.6. The highest BCUT2D eigenvalue weighted by Crippen LogP contribution is 1.95. The molecule has 5 heteroatoms. The van der Waals surface area contributed by atoms with Crippen molar-refractivity contribution in [1.82, 2.24) is 0 Å². The zero-order valence-corrected chi connectivity index (χ0v) is 9.24. The summed E-state index contributed by atoms with van der Waals surface area (Å²) in [6.07, 6.45) is 0.597. The fraction of sp³-hybridized carbons (Fsp3) is 0.700. The number of ether oxygens (including phenoxy) is 2. The minimum Gasteiger partial charge on any atom is -0.460 e. The number of Topliss-reactive ketones (excluding diaryl/α,β-unsaturated/α-hetero) is 1. The van der Waals surface area contributed by atoms with E-state index in [0.717, 1.165) is 0 Å². The third kappa shape index (κ3) is 5.83. The minimum atomic E-state index is -1.25. The second-order valence-corrected chi connectivity index (χ2v) is 3.46. The van der Waals surface area contributed by atoms with Crippen LogP contribution in [0.3, 0.4) is 0 Å². The van der Waals surface area contributed by atoms with E-state index >= 15 is 0 Å². The summed E-state index contributed by atoms with van der Waals surface area (Å²) in [5.74, 6) is -3.42. The molecule has 0 radical (unpaired) electrons. The third-order valence-corrected chi connectivity index (χ3v) is 1.36. The van der Waals surface area contributed by atoms with Crippen LogP contribution in [0.15, 0.2) is 0 Å². The fourth-order valence-electron chi connectivity index (χ4n) is 0.652. The Kier molecular flexibility index (Phi) is 6.33. The molecule has 0 N–H and O–H groups in total. The van der Waals surface area contributed by atoms with Crippen LogP contribution in [-0.2, 0) is 23.9 Å². The maximum Gasteiger partial charge on any atom is 0.386 e. The Hall–Kier alpha value is -1.39. The molecule has 0 amide bonds. The summed E-state index contributed by atoms with van der Waals surface area (Å²) in [6.45, 7) is 5.68. The van der Waals surface area contributed by atoms with Gasteiger partial charge in [-0.25, -0.2) is 9.59 Å². The molecule has 0 unspecified atom stereocenters. The van der Waals surface area contributed by atoms with Crippen molar-refractivity contribution in [2.45, 2.75) is 27.2 Å². The second-order valence-electron chi connectivity index (χ2n) is 3.46. The Bertz CT molecular complexity index is 244. The number of carbonyl (C=O) groups excluding carboxylic acids is 3. The van der Waals surface area contributed by atoms with E-state index in [9.17, 15) is 14.4 Å². The van der Waals surface area contributed by atoms with Crippen molar-refractivity contribution in [2.75, 3.05) is 13.2 Å². The summed E-state index contributed by atoms with van der Waals surface area (Å²) in [7, 11) is 0. The lowest BCUT2D eigenvalue weighted by atomic mass is 10.2. The highest BCUT2D eigenvalue weighted by Gasteiger charge is 2.25. The standard InChI is InChI=1S/C10H16O5/c1-4-5-14-9(12)8(11)10(13)15-6-7(2)3/h7H,4-6H2,1-3H3. The van der Waals surface area contributed by atoms with Crippen LogP contribution in [-0.4, -0.2) is 30.9 Å². The largest absolute Gasteiger partial charge is 0.460 e. The van der Waals surface area contributed by atoms with Crippen molar-refractivity contribution in [3.05, 3.63) is 0 Å². The fourth-order valence-corrected chi connectivity index (χ4v) is 0.652. The van der Waals surface area contributed by atoms with Crippen molar-refractivity contribution < 1.29 is 23.9 Å². The first-order valence-corrected chi connectivity index (χ1v) is 4.87. The van der Waals surface area contributed by atoms with Gasteiger partial charge in [0.1, 0.15) is 0 Å². The molecule has 5 nitrogen and oxygen atoms in total. The zero-order chi connectivity index (χ0) is 11.8. The minimum absolute atomic E-state index is 0.117. The summed E-state index contributed by atoms with van der Waals surface area (Å²) >= 11 is 0. The molecule has 0 rings (SSSR count). The van der Waals surface area contributed by atoms with E-state index in [-0.39, 0.29) is 19.1 Å². The quantitative estimate of drug-likeness (QED) is 0.371. The SMILES string of the molecule is CCCOC(=O)C(=O)C(=O)OCC(C)C. The molecule has 0 fully saturated rings. The van der Waals surface area contributed by atoms with Crippen molar-refractivity contribution in [1.29, 1.82) is 0 Å². The first-order chi connectivity index (χ1) is 6.99. The van der Waals surface area contributed by atoms with Crippen LogP contribution in [0.5, 0.6) is 0 Å². The normalized spacial score (nSPS) is 9.87. The van der Waals surface area contributed by atoms with E-state index in [1.807, 2.05) is 13.8 Å². The maximum atomic E-state index is 11.0. The third-order valence-electron chi connectivity index (χ3n) is 1.36. The molecule has 0 aromatic carbocycles. The molecule has 0 aliphatic rings. The maximum absolute atomic E-state index is 11.0. The van der Waals surface area contributed by atoms with Crippen LogP contribution in [0.25, 0.3) is 0 Å². The summed E-state index contributed by atoms with van der Waals surface area (Å²) in [5.41, 5.74) is 0. The predicted octanol–water partition coefficient (Wildman–Crippen LogP) is 0.708. The molecule has 0 bridgehead atoms. The Labute approximate surface area is 88.7 Å². The molecule has 0 atom stereocenters. The van der Waals surface area contributed by atoms with E-state index < -0.39 is 17.7 Å². The smallest absolute Gasteiger partial charge is 0.386 e. The van der Waals surface area contributed by atoms with Crippen molar-refractivity contribution >= 4 is 17.7 Å². The van der Waals surface area contributed by atoms with Gasteiger partial charge in [-0.1, -0.05) is 20.8 Å². The number of ketones is 1. The van der Waals surface area contributed by atoms with Gasteiger partial charge >= 0.3 is 17.7 Å². The topological polar surface area (TPSA) is 69.7 Å².